The number of nitrogens with zero attached hydrogens (tertiary/aromatic N) is 1. The number of benzene rings is 1. The molecular weight excluding hydrogens is 431 g/mol. The van der Waals surface area contributed by atoms with Crippen molar-refractivity contribution >= 4 is 38.9 Å². The Morgan fingerprint density at radius 3 is 2.52 bits per heavy atom. The molecule has 1 aromatic carbocycles. The van der Waals surface area contributed by atoms with E-state index in [0.717, 1.165) is 25.9 Å². The molecule has 1 saturated heterocycles. The fourth-order valence-corrected chi connectivity index (χ4v) is 5.36. The summed E-state index contributed by atoms with van der Waals surface area (Å²) in [6.07, 6.45) is 7.12. The van der Waals surface area contributed by atoms with Gasteiger partial charge in [-0.05, 0) is 43.0 Å². The van der Waals surface area contributed by atoms with Crippen LogP contribution >= 0.6 is 23.2 Å². The van der Waals surface area contributed by atoms with Gasteiger partial charge in [0.2, 0.25) is 5.91 Å². The molecule has 2 heterocycles. The monoisotopic (exact) mass is 458 g/mol. The zero-order chi connectivity index (χ0) is 21.6. The summed E-state index contributed by atoms with van der Waals surface area (Å²) in [5, 5.41) is 3.48. The van der Waals surface area contributed by atoms with E-state index in [4.69, 9.17) is 23.2 Å². The standard InChI is InChI=1S/C19H22Cl2N2O3S.C2H6/c1-13-7-9-23(10-8-13)19(24)17-4-2-3-15(22-17)12-27(25,26)18-11-14(20)5-6-16(18)21;1-2/h2-6,11,13,17,22H,7-10,12H2,1H3;1-2H3. The molecular formula is C21H28Cl2N2O3S. The number of carbonyl (C=O) groups is 1. The van der Waals surface area contributed by atoms with E-state index in [1.54, 1.807) is 18.2 Å². The largest absolute Gasteiger partial charge is 0.373 e. The number of allylic oxidation sites excluding steroid dienone is 2. The van der Waals surface area contributed by atoms with E-state index in [0.29, 0.717) is 16.6 Å². The molecule has 5 nitrogen and oxygen atoms in total. The molecule has 160 valence electrons. The average molecular weight is 459 g/mol. The van der Waals surface area contributed by atoms with Gasteiger partial charge in [-0.15, -0.1) is 0 Å². The molecule has 2 aliphatic rings. The van der Waals surface area contributed by atoms with E-state index in [2.05, 4.69) is 12.2 Å². The zero-order valence-corrected chi connectivity index (χ0v) is 19.3. The van der Waals surface area contributed by atoms with E-state index >= 15 is 0 Å². The summed E-state index contributed by atoms with van der Waals surface area (Å²) in [5.41, 5.74) is 0.456. The van der Waals surface area contributed by atoms with Gasteiger partial charge in [-0.25, -0.2) is 8.42 Å². The van der Waals surface area contributed by atoms with Crippen LogP contribution in [0.1, 0.15) is 33.6 Å². The Bertz CT molecular complexity index is 889. The highest BCUT2D eigenvalue weighted by Crippen LogP contribution is 2.27. The van der Waals surface area contributed by atoms with Crippen molar-refractivity contribution in [1.82, 2.24) is 10.2 Å². The molecule has 0 bridgehead atoms. The molecule has 0 aromatic heterocycles. The number of hydrogen-bond donors (Lipinski definition) is 1. The lowest BCUT2D eigenvalue weighted by Crippen LogP contribution is -2.49. The van der Waals surface area contributed by atoms with Gasteiger partial charge in [-0.2, -0.15) is 0 Å². The van der Waals surface area contributed by atoms with Crippen LogP contribution < -0.4 is 5.32 Å². The third-order valence-electron chi connectivity index (χ3n) is 4.88. The summed E-state index contributed by atoms with van der Waals surface area (Å²) < 4.78 is 25.5. The lowest BCUT2D eigenvalue weighted by Gasteiger charge is -2.33. The fourth-order valence-electron chi connectivity index (χ4n) is 3.24. The Hall–Kier alpha value is -1.50. The van der Waals surface area contributed by atoms with E-state index in [1.165, 1.54) is 18.2 Å². The lowest BCUT2D eigenvalue weighted by molar-refractivity contribution is -0.133. The minimum Gasteiger partial charge on any atom is -0.373 e. The highest BCUT2D eigenvalue weighted by atomic mass is 35.5. The van der Waals surface area contributed by atoms with Gasteiger partial charge in [0.05, 0.1) is 15.7 Å². The molecule has 1 unspecified atom stereocenters. The molecule has 0 radical (unpaired) electrons. The number of rotatable bonds is 4. The predicted octanol–water partition coefficient (Wildman–Crippen LogP) is 4.46. The van der Waals surface area contributed by atoms with Crippen LogP contribution in [0.25, 0.3) is 0 Å². The summed E-state index contributed by atoms with van der Waals surface area (Å²) in [6.45, 7) is 7.66. The predicted molar refractivity (Wildman–Crippen MR) is 119 cm³/mol. The first-order valence-corrected chi connectivity index (χ1v) is 12.3. The number of carbonyl (C=O) groups excluding carboxylic acids is 1. The van der Waals surface area contributed by atoms with E-state index in [9.17, 15) is 13.2 Å². The van der Waals surface area contributed by atoms with Crippen LogP contribution in [0, 0.1) is 5.92 Å². The van der Waals surface area contributed by atoms with Crippen molar-refractivity contribution in [2.45, 2.75) is 44.6 Å². The Kier molecular flexibility index (Phi) is 8.61. The lowest BCUT2D eigenvalue weighted by atomic mass is 9.98. The first-order valence-electron chi connectivity index (χ1n) is 9.87. The SMILES string of the molecule is CC.CC1CCN(C(=O)C2C=CC=C(CS(=O)(=O)c3cc(Cl)ccc3Cl)N2)CC1. The second-order valence-electron chi connectivity index (χ2n) is 7.04. The fraction of sp³-hybridized carbons (Fsp3) is 0.476. The van der Waals surface area contributed by atoms with E-state index < -0.39 is 15.9 Å². The van der Waals surface area contributed by atoms with Crippen molar-refractivity contribution in [1.29, 1.82) is 0 Å². The number of nitrogens with one attached hydrogen (secondary N) is 1. The van der Waals surface area contributed by atoms with Gasteiger partial charge in [0.25, 0.3) is 0 Å². The van der Waals surface area contributed by atoms with Gasteiger partial charge in [-0.1, -0.05) is 56.1 Å². The maximum absolute atomic E-state index is 12.7. The van der Waals surface area contributed by atoms with Crippen LogP contribution in [0.3, 0.4) is 0 Å². The zero-order valence-electron chi connectivity index (χ0n) is 17.0. The molecule has 0 spiro atoms. The molecule has 29 heavy (non-hydrogen) atoms. The van der Waals surface area contributed by atoms with Gasteiger partial charge in [0, 0.05) is 23.8 Å². The third-order valence-corrected chi connectivity index (χ3v) is 7.25. The Morgan fingerprint density at radius 2 is 1.86 bits per heavy atom. The molecule has 1 fully saturated rings. The van der Waals surface area contributed by atoms with Crippen LogP contribution in [0.4, 0.5) is 0 Å². The second kappa shape index (κ2) is 10.5. The van der Waals surface area contributed by atoms with Crippen molar-refractivity contribution in [3.8, 4) is 0 Å². The molecule has 1 amide bonds. The minimum absolute atomic E-state index is 0.0122. The number of halogens is 2. The van der Waals surface area contributed by atoms with E-state index in [1.807, 2.05) is 18.7 Å². The molecule has 8 heteroatoms. The third kappa shape index (κ3) is 6.24. The minimum atomic E-state index is -3.70. The quantitative estimate of drug-likeness (QED) is 0.722. The first-order chi connectivity index (χ1) is 13.8. The van der Waals surface area contributed by atoms with Crippen molar-refractivity contribution in [3.63, 3.8) is 0 Å². The maximum atomic E-state index is 12.7. The number of likely N-dealkylation sites (tertiary alicyclic amines) is 1. The number of amides is 1. The first kappa shape index (κ1) is 23.8. The highest BCUT2D eigenvalue weighted by molar-refractivity contribution is 7.91. The Balaban J connectivity index is 0.00000145. The number of hydrogen-bond acceptors (Lipinski definition) is 4. The summed E-state index contributed by atoms with van der Waals surface area (Å²) in [6, 6.07) is 3.79. The summed E-state index contributed by atoms with van der Waals surface area (Å²) in [4.78, 5) is 14.6. The van der Waals surface area contributed by atoms with Crippen LogP contribution in [0.15, 0.2) is 47.0 Å². The maximum Gasteiger partial charge on any atom is 0.249 e. The number of sulfone groups is 1. The highest BCUT2D eigenvalue weighted by Gasteiger charge is 2.28. The van der Waals surface area contributed by atoms with Crippen LogP contribution in [-0.4, -0.2) is 44.1 Å². The van der Waals surface area contributed by atoms with Crippen LogP contribution in [0.5, 0.6) is 0 Å². The van der Waals surface area contributed by atoms with Crippen molar-refractivity contribution in [3.05, 3.63) is 52.2 Å². The summed E-state index contributed by atoms with van der Waals surface area (Å²) in [7, 11) is -3.70. The molecule has 1 N–H and O–H groups in total. The Morgan fingerprint density at radius 1 is 1.21 bits per heavy atom. The second-order valence-corrected chi connectivity index (χ2v) is 9.84. The molecule has 0 aliphatic carbocycles. The summed E-state index contributed by atoms with van der Waals surface area (Å²) >= 11 is 12.0. The van der Waals surface area contributed by atoms with Gasteiger partial charge >= 0.3 is 0 Å². The van der Waals surface area contributed by atoms with E-state index in [-0.39, 0.29) is 21.6 Å². The molecule has 2 aliphatic heterocycles. The van der Waals surface area contributed by atoms with Gasteiger partial charge in [0.1, 0.15) is 6.04 Å². The van der Waals surface area contributed by atoms with Gasteiger partial charge < -0.3 is 10.2 Å². The average Bonchev–Trinajstić information content (AvgIpc) is 2.71. The molecule has 0 saturated carbocycles. The van der Waals surface area contributed by atoms with Gasteiger partial charge in [0.15, 0.2) is 9.84 Å². The van der Waals surface area contributed by atoms with Crippen LogP contribution in [0.2, 0.25) is 10.0 Å². The van der Waals surface area contributed by atoms with Crippen molar-refractivity contribution in [2.24, 2.45) is 5.92 Å². The summed E-state index contributed by atoms with van der Waals surface area (Å²) in [5.74, 6) is 0.326. The Labute approximate surface area is 183 Å². The topological polar surface area (TPSA) is 66.5 Å². The normalized spacial score (nSPS) is 19.7. The molecule has 1 atom stereocenters. The van der Waals surface area contributed by atoms with Crippen molar-refractivity contribution in [2.75, 3.05) is 18.8 Å². The van der Waals surface area contributed by atoms with Gasteiger partial charge in [-0.3, -0.25) is 4.79 Å². The van der Waals surface area contributed by atoms with Crippen molar-refractivity contribution < 1.29 is 13.2 Å². The molecule has 1 aromatic rings. The number of dihydropyridines is 1. The number of piperidine rings is 1. The van der Waals surface area contributed by atoms with Crippen LogP contribution in [-0.2, 0) is 14.6 Å². The smallest absolute Gasteiger partial charge is 0.249 e. The molecule has 3 rings (SSSR count).